The van der Waals surface area contributed by atoms with Gasteiger partial charge in [-0.05, 0) is 43.7 Å². The highest BCUT2D eigenvalue weighted by Crippen LogP contribution is 2.42. The molecule has 1 aliphatic rings. The van der Waals surface area contributed by atoms with Gasteiger partial charge in [0.15, 0.2) is 0 Å². The van der Waals surface area contributed by atoms with Crippen LogP contribution in [0.25, 0.3) is 5.76 Å². The van der Waals surface area contributed by atoms with Crippen molar-refractivity contribution in [3.8, 4) is 5.75 Å². The summed E-state index contributed by atoms with van der Waals surface area (Å²) >= 11 is 0. The van der Waals surface area contributed by atoms with Crippen molar-refractivity contribution < 1.29 is 19.4 Å². The number of hydrogen-bond donors (Lipinski definition) is 1. The number of aliphatic hydroxyl groups is 1. The first kappa shape index (κ1) is 20.4. The van der Waals surface area contributed by atoms with Gasteiger partial charge in [0.1, 0.15) is 11.5 Å². The van der Waals surface area contributed by atoms with E-state index in [0.29, 0.717) is 22.6 Å². The lowest BCUT2D eigenvalue weighted by Crippen LogP contribution is -2.29. The average molecular weight is 413 g/mol. The molecule has 3 aromatic carbocycles. The molecule has 0 spiro atoms. The molecule has 5 heteroatoms. The number of nitrogens with zero attached hydrogens (tertiary/aromatic N) is 1. The predicted molar refractivity (Wildman–Crippen MR) is 120 cm³/mol. The largest absolute Gasteiger partial charge is 0.507 e. The van der Waals surface area contributed by atoms with Gasteiger partial charge in [-0.15, -0.1) is 0 Å². The minimum Gasteiger partial charge on any atom is -0.507 e. The smallest absolute Gasteiger partial charge is 0.300 e. The molecule has 4 rings (SSSR count). The van der Waals surface area contributed by atoms with Gasteiger partial charge in [0.25, 0.3) is 11.7 Å². The molecule has 0 aromatic heterocycles. The van der Waals surface area contributed by atoms with Crippen LogP contribution in [0.2, 0.25) is 0 Å². The molecule has 1 fully saturated rings. The Bertz CT molecular complexity index is 1160. The van der Waals surface area contributed by atoms with Gasteiger partial charge in [-0.25, -0.2) is 0 Å². The fraction of sp³-hybridized carbons (Fsp3) is 0.154. The van der Waals surface area contributed by atoms with Gasteiger partial charge in [0, 0.05) is 11.3 Å². The van der Waals surface area contributed by atoms with Crippen LogP contribution in [0.4, 0.5) is 5.69 Å². The normalized spacial score (nSPS) is 17.8. The van der Waals surface area contributed by atoms with Gasteiger partial charge in [-0.1, -0.05) is 59.7 Å². The van der Waals surface area contributed by atoms with Crippen LogP contribution in [0.1, 0.15) is 28.3 Å². The molecule has 0 bridgehead atoms. The Morgan fingerprint density at radius 3 is 1.94 bits per heavy atom. The molecule has 1 aliphatic heterocycles. The summed E-state index contributed by atoms with van der Waals surface area (Å²) in [6.07, 6.45) is 0. The Kier molecular flexibility index (Phi) is 5.34. The number of methoxy groups -OCH3 is 1. The molecule has 1 saturated heterocycles. The third-order valence-corrected chi connectivity index (χ3v) is 5.51. The van der Waals surface area contributed by atoms with Crippen molar-refractivity contribution in [3.63, 3.8) is 0 Å². The number of benzene rings is 3. The highest BCUT2D eigenvalue weighted by Gasteiger charge is 2.46. The van der Waals surface area contributed by atoms with E-state index in [0.717, 1.165) is 11.1 Å². The zero-order valence-corrected chi connectivity index (χ0v) is 17.6. The summed E-state index contributed by atoms with van der Waals surface area (Å²) in [5, 5.41) is 11.1. The number of anilines is 1. The quantitative estimate of drug-likeness (QED) is 0.374. The van der Waals surface area contributed by atoms with Crippen LogP contribution in [0.5, 0.6) is 5.75 Å². The summed E-state index contributed by atoms with van der Waals surface area (Å²) in [5.74, 6) is -0.902. The van der Waals surface area contributed by atoms with E-state index in [1.54, 1.807) is 43.5 Å². The van der Waals surface area contributed by atoms with Crippen LogP contribution >= 0.6 is 0 Å². The fourth-order valence-electron chi connectivity index (χ4n) is 3.77. The van der Waals surface area contributed by atoms with E-state index in [1.807, 2.05) is 50.2 Å². The van der Waals surface area contributed by atoms with Crippen LogP contribution in [-0.2, 0) is 9.59 Å². The third-order valence-electron chi connectivity index (χ3n) is 5.51. The second kappa shape index (κ2) is 8.11. The Morgan fingerprint density at radius 2 is 1.39 bits per heavy atom. The summed E-state index contributed by atoms with van der Waals surface area (Å²) in [7, 11) is 1.57. The topological polar surface area (TPSA) is 66.8 Å². The molecule has 1 N–H and O–H groups in total. The minimum absolute atomic E-state index is 0.0691. The minimum atomic E-state index is -0.755. The molecule has 31 heavy (non-hydrogen) atoms. The molecular weight excluding hydrogens is 390 g/mol. The fourth-order valence-corrected chi connectivity index (χ4v) is 3.77. The molecular formula is C26H23NO4. The molecule has 0 radical (unpaired) electrons. The maximum atomic E-state index is 13.1. The van der Waals surface area contributed by atoms with Gasteiger partial charge in [0.2, 0.25) is 0 Å². The molecule has 0 aliphatic carbocycles. The monoisotopic (exact) mass is 413 g/mol. The lowest BCUT2D eigenvalue weighted by atomic mass is 9.95. The number of aliphatic hydroxyl groups excluding tert-OH is 1. The number of carbonyl (C=O) groups is 2. The first-order valence-corrected chi connectivity index (χ1v) is 9.99. The van der Waals surface area contributed by atoms with Crippen molar-refractivity contribution in [2.75, 3.05) is 12.0 Å². The summed E-state index contributed by atoms with van der Waals surface area (Å²) in [4.78, 5) is 27.7. The standard InChI is InChI=1S/C26H23NO4/c1-16-4-8-19(9-5-16)24(28)22-23(18-10-14-21(31-3)15-11-18)27(26(30)25(22)29)20-12-6-17(2)7-13-20/h4-15,23,28H,1-3H3/t23-/m0/s1. The highest BCUT2D eigenvalue weighted by atomic mass is 16.5. The number of Topliss-reactive ketones (excluding diaryl/α,β-unsaturated/α-hetero) is 1. The summed E-state index contributed by atoms with van der Waals surface area (Å²) in [6.45, 7) is 3.90. The maximum absolute atomic E-state index is 13.1. The van der Waals surface area contributed by atoms with E-state index in [9.17, 15) is 14.7 Å². The molecule has 3 aromatic rings. The van der Waals surface area contributed by atoms with Crippen molar-refractivity contribution in [2.45, 2.75) is 19.9 Å². The van der Waals surface area contributed by atoms with Gasteiger partial charge in [-0.2, -0.15) is 0 Å². The second-order valence-corrected chi connectivity index (χ2v) is 7.64. The summed E-state index contributed by atoms with van der Waals surface area (Å²) in [6, 6.07) is 21.0. The van der Waals surface area contributed by atoms with Crippen molar-refractivity contribution >= 4 is 23.1 Å². The highest BCUT2D eigenvalue weighted by molar-refractivity contribution is 6.51. The Labute approximate surface area is 181 Å². The first-order valence-electron chi connectivity index (χ1n) is 9.99. The van der Waals surface area contributed by atoms with Crippen molar-refractivity contribution in [2.24, 2.45) is 0 Å². The van der Waals surface area contributed by atoms with E-state index in [-0.39, 0.29) is 11.3 Å². The van der Waals surface area contributed by atoms with E-state index in [1.165, 1.54) is 4.90 Å². The van der Waals surface area contributed by atoms with Crippen molar-refractivity contribution in [1.82, 2.24) is 0 Å². The number of aryl methyl sites for hydroxylation is 2. The molecule has 1 atom stereocenters. The van der Waals surface area contributed by atoms with E-state index in [4.69, 9.17) is 4.74 Å². The Balaban J connectivity index is 1.92. The first-order chi connectivity index (χ1) is 14.9. The van der Waals surface area contributed by atoms with Crippen LogP contribution in [-0.4, -0.2) is 23.9 Å². The molecule has 5 nitrogen and oxygen atoms in total. The molecule has 0 unspecified atom stereocenters. The number of ketones is 1. The Morgan fingerprint density at radius 1 is 0.839 bits per heavy atom. The third kappa shape index (κ3) is 3.70. The summed E-state index contributed by atoms with van der Waals surface area (Å²) < 4.78 is 5.24. The van der Waals surface area contributed by atoms with E-state index in [2.05, 4.69) is 0 Å². The van der Waals surface area contributed by atoms with Crippen LogP contribution in [0.3, 0.4) is 0 Å². The number of carbonyl (C=O) groups excluding carboxylic acids is 2. The second-order valence-electron chi connectivity index (χ2n) is 7.64. The maximum Gasteiger partial charge on any atom is 0.300 e. The average Bonchev–Trinajstić information content (AvgIpc) is 3.05. The van der Waals surface area contributed by atoms with Gasteiger partial charge in [-0.3, -0.25) is 14.5 Å². The van der Waals surface area contributed by atoms with Gasteiger partial charge in [0.05, 0.1) is 18.7 Å². The predicted octanol–water partition coefficient (Wildman–Crippen LogP) is 4.94. The molecule has 1 heterocycles. The van der Waals surface area contributed by atoms with E-state index < -0.39 is 17.7 Å². The zero-order valence-electron chi connectivity index (χ0n) is 17.6. The van der Waals surface area contributed by atoms with Gasteiger partial charge < -0.3 is 9.84 Å². The van der Waals surface area contributed by atoms with Crippen LogP contribution in [0.15, 0.2) is 78.4 Å². The molecule has 0 saturated carbocycles. The number of rotatable bonds is 4. The Hall–Kier alpha value is -3.86. The number of hydrogen-bond acceptors (Lipinski definition) is 4. The number of ether oxygens (including phenoxy) is 1. The van der Waals surface area contributed by atoms with E-state index >= 15 is 0 Å². The SMILES string of the molecule is COc1ccc([C@H]2C(=C(O)c3ccc(C)cc3)C(=O)C(=O)N2c2ccc(C)cc2)cc1. The van der Waals surface area contributed by atoms with Crippen molar-refractivity contribution in [3.05, 3.63) is 101 Å². The lowest BCUT2D eigenvalue weighted by Gasteiger charge is -2.25. The number of amides is 1. The van der Waals surface area contributed by atoms with Crippen molar-refractivity contribution in [1.29, 1.82) is 0 Å². The molecule has 1 amide bonds. The molecule has 156 valence electrons. The van der Waals surface area contributed by atoms with Crippen LogP contribution in [0, 0.1) is 13.8 Å². The summed E-state index contributed by atoms with van der Waals surface area (Å²) in [5.41, 5.74) is 3.93. The van der Waals surface area contributed by atoms with Gasteiger partial charge >= 0.3 is 0 Å². The van der Waals surface area contributed by atoms with Crippen LogP contribution < -0.4 is 9.64 Å². The zero-order chi connectivity index (χ0) is 22.1. The lowest BCUT2D eigenvalue weighted by molar-refractivity contribution is -0.132.